The minimum Gasteiger partial charge on any atom is -0.395 e. The Morgan fingerprint density at radius 1 is 1.60 bits per heavy atom. The van der Waals surface area contributed by atoms with E-state index < -0.39 is 7.82 Å². The van der Waals surface area contributed by atoms with Gasteiger partial charge in [0.1, 0.15) is 0 Å². The molecule has 7 heteroatoms. The van der Waals surface area contributed by atoms with Crippen LogP contribution in [0.5, 0.6) is 0 Å². The molecule has 0 heterocycles. The number of hydrogen-bond donors (Lipinski definition) is 4. The molecule has 0 radical (unpaired) electrons. The Balaban J connectivity index is 0. The number of phosphoric acid groups is 1. The molecule has 0 saturated heterocycles. The molecular weight excluding hydrogens is 161 g/mol. The van der Waals surface area contributed by atoms with Crippen molar-refractivity contribution in [2.45, 2.75) is 0 Å². The lowest BCUT2D eigenvalue weighted by molar-refractivity contribution is 0.235. The standard InChI is InChI=1S/C2H7NO.CH5O4P/c3-1-2-4;1-5-6(2,3)4/h4H,1-3H2;1H3,(H2,2,3,4). The van der Waals surface area contributed by atoms with Crippen LogP contribution >= 0.6 is 7.82 Å². The summed E-state index contributed by atoms with van der Waals surface area (Å²) in [7, 11) is -3.20. The highest BCUT2D eigenvalue weighted by Gasteiger charge is 2.07. The molecule has 6 nitrogen and oxygen atoms in total. The monoisotopic (exact) mass is 173 g/mol. The van der Waals surface area contributed by atoms with Crippen LogP contribution in [-0.4, -0.2) is 35.2 Å². The molecular formula is C3H12NO5P. The van der Waals surface area contributed by atoms with Crippen LogP contribution in [0.15, 0.2) is 0 Å². The van der Waals surface area contributed by atoms with E-state index in [1.807, 2.05) is 0 Å². The van der Waals surface area contributed by atoms with Crippen LogP contribution in [0.2, 0.25) is 0 Å². The molecule has 0 fully saturated rings. The Kier molecular flexibility index (Phi) is 9.06. The van der Waals surface area contributed by atoms with Crippen molar-refractivity contribution in [3.05, 3.63) is 0 Å². The highest BCUT2D eigenvalue weighted by molar-refractivity contribution is 7.46. The summed E-state index contributed by atoms with van der Waals surface area (Å²) < 4.78 is 13.1. The van der Waals surface area contributed by atoms with Gasteiger partial charge in [-0.1, -0.05) is 0 Å². The Labute approximate surface area is 58.9 Å². The van der Waals surface area contributed by atoms with Crippen molar-refractivity contribution in [3.8, 4) is 0 Å². The summed E-state index contributed by atoms with van der Waals surface area (Å²) in [6.07, 6.45) is 0. The molecule has 10 heavy (non-hydrogen) atoms. The van der Waals surface area contributed by atoms with Crippen LogP contribution in [-0.2, 0) is 9.09 Å². The Morgan fingerprint density at radius 3 is 1.80 bits per heavy atom. The van der Waals surface area contributed by atoms with E-state index in [-0.39, 0.29) is 6.61 Å². The van der Waals surface area contributed by atoms with E-state index in [0.29, 0.717) is 6.54 Å². The van der Waals surface area contributed by atoms with Gasteiger partial charge < -0.3 is 20.6 Å². The number of phosphoric ester groups is 1. The van der Waals surface area contributed by atoms with Crippen molar-refractivity contribution in [1.82, 2.24) is 0 Å². The lowest BCUT2D eigenvalue weighted by Gasteiger charge is -1.93. The fraction of sp³-hybridized carbons (Fsp3) is 1.00. The summed E-state index contributed by atoms with van der Waals surface area (Å²) in [5.41, 5.74) is 4.78. The van der Waals surface area contributed by atoms with E-state index >= 15 is 0 Å². The van der Waals surface area contributed by atoms with Gasteiger partial charge in [0, 0.05) is 13.7 Å². The minimum absolute atomic E-state index is 0.0972. The fourth-order valence-electron chi connectivity index (χ4n) is 0. The number of hydrogen-bond acceptors (Lipinski definition) is 4. The third-order valence-corrected chi connectivity index (χ3v) is 0.843. The van der Waals surface area contributed by atoms with Crippen LogP contribution in [0.25, 0.3) is 0 Å². The topological polar surface area (TPSA) is 113 Å². The second-order valence-electron chi connectivity index (χ2n) is 1.19. The number of rotatable bonds is 2. The predicted octanol–water partition coefficient (Wildman–Crippen LogP) is -1.34. The third kappa shape index (κ3) is 24.4. The van der Waals surface area contributed by atoms with Crippen molar-refractivity contribution < 1.29 is 24.0 Å². The molecule has 0 bridgehead atoms. The molecule has 0 aliphatic carbocycles. The molecule has 64 valence electrons. The van der Waals surface area contributed by atoms with Crippen LogP contribution < -0.4 is 5.73 Å². The van der Waals surface area contributed by atoms with Crippen molar-refractivity contribution in [1.29, 1.82) is 0 Å². The van der Waals surface area contributed by atoms with Gasteiger partial charge in [-0.3, -0.25) is 4.52 Å². The molecule has 0 aromatic carbocycles. The summed E-state index contributed by atoms with van der Waals surface area (Å²) >= 11 is 0. The lowest BCUT2D eigenvalue weighted by Crippen LogP contribution is -2.02. The molecule has 0 rings (SSSR count). The zero-order valence-corrected chi connectivity index (χ0v) is 6.49. The SMILES string of the molecule is COP(=O)(O)O.NCCO. The van der Waals surface area contributed by atoms with Gasteiger partial charge in [0.25, 0.3) is 0 Å². The van der Waals surface area contributed by atoms with E-state index in [1.165, 1.54) is 0 Å². The van der Waals surface area contributed by atoms with Gasteiger partial charge in [-0.25, -0.2) is 4.57 Å². The summed E-state index contributed by atoms with van der Waals surface area (Å²) in [5, 5.41) is 7.75. The first-order valence-corrected chi connectivity index (χ1v) is 3.93. The molecule has 0 atom stereocenters. The van der Waals surface area contributed by atoms with Crippen molar-refractivity contribution >= 4 is 7.82 Å². The lowest BCUT2D eigenvalue weighted by atomic mass is 10.8. The maximum Gasteiger partial charge on any atom is 0.469 e. The summed E-state index contributed by atoms with van der Waals surface area (Å²) in [4.78, 5) is 15.4. The first-order valence-electron chi connectivity index (χ1n) is 2.40. The Hall–Kier alpha value is 0.0300. The summed E-state index contributed by atoms with van der Waals surface area (Å²) in [5.74, 6) is 0. The average molecular weight is 173 g/mol. The first kappa shape index (κ1) is 12.7. The predicted molar refractivity (Wildman–Crippen MR) is 35.2 cm³/mol. The van der Waals surface area contributed by atoms with Gasteiger partial charge in [-0.2, -0.15) is 0 Å². The second-order valence-corrected chi connectivity index (χ2v) is 2.53. The smallest absolute Gasteiger partial charge is 0.395 e. The van der Waals surface area contributed by atoms with Crippen LogP contribution in [0.4, 0.5) is 0 Å². The normalized spacial score (nSPS) is 10.1. The van der Waals surface area contributed by atoms with Gasteiger partial charge in [-0.15, -0.1) is 0 Å². The van der Waals surface area contributed by atoms with E-state index in [9.17, 15) is 4.57 Å². The number of nitrogens with two attached hydrogens (primary N) is 1. The van der Waals surface area contributed by atoms with Crippen LogP contribution in [0, 0.1) is 0 Å². The van der Waals surface area contributed by atoms with Crippen molar-refractivity contribution in [2.75, 3.05) is 20.3 Å². The molecule has 0 unspecified atom stereocenters. The Bertz CT molecular complexity index is 99.1. The maximum absolute atomic E-state index is 9.47. The zero-order valence-electron chi connectivity index (χ0n) is 5.60. The van der Waals surface area contributed by atoms with Crippen LogP contribution in [0.1, 0.15) is 0 Å². The Morgan fingerprint density at radius 2 is 1.80 bits per heavy atom. The third-order valence-electron chi connectivity index (χ3n) is 0.367. The highest BCUT2D eigenvalue weighted by Crippen LogP contribution is 2.33. The first-order chi connectivity index (χ1) is 4.47. The molecule has 0 spiro atoms. The average Bonchev–Trinajstić information content (AvgIpc) is 1.87. The number of aliphatic hydroxyl groups is 1. The number of aliphatic hydroxyl groups excluding tert-OH is 1. The van der Waals surface area contributed by atoms with Crippen molar-refractivity contribution in [2.24, 2.45) is 5.73 Å². The van der Waals surface area contributed by atoms with E-state index in [1.54, 1.807) is 0 Å². The van der Waals surface area contributed by atoms with Gasteiger partial charge in [0.05, 0.1) is 6.61 Å². The van der Waals surface area contributed by atoms with Gasteiger partial charge in [0.2, 0.25) is 0 Å². The molecule has 0 saturated carbocycles. The summed E-state index contributed by atoms with van der Waals surface area (Å²) in [6.45, 7) is 0.472. The molecule has 0 amide bonds. The molecule has 0 aromatic rings. The van der Waals surface area contributed by atoms with E-state index in [0.717, 1.165) is 7.11 Å². The summed E-state index contributed by atoms with van der Waals surface area (Å²) in [6, 6.07) is 0. The fourth-order valence-corrected chi connectivity index (χ4v) is 0. The maximum atomic E-state index is 9.47. The van der Waals surface area contributed by atoms with Gasteiger partial charge in [0.15, 0.2) is 0 Å². The van der Waals surface area contributed by atoms with Gasteiger partial charge in [-0.05, 0) is 0 Å². The van der Waals surface area contributed by atoms with E-state index in [4.69, 9.17) is 20.6 Å². The zero-order chi connectivity index (χ0) is 8.62. The largest absolute Gasteiger partial charge is 0.469 e. The van der Waals surface area contributed by atoms with Crippen LogP contribution in [0.3, 0.4) is 0 Å². The van der Waals surface area contributed by atoms with E-state index in [2.05, 4.69) is 4.52 Å². The molecule has 0 aliphatic rings. The quantitative estimate of drug-likeness (QED) is 0.384. The van der Waals surface area contributed by atoms with Gasteiger partial charge >= 0.3 is 7.82 Å². The molecule has 5 N–H and O–H groups in total. The van der Waals surface area contributed by atoms with Crippen molar-refractivity contribution in [3.63, 3.8) is 0 Å². The minimum atomic E-state index is -4.15. The molecule has 0 aliphatic heterocycles. The highest BCUT2D eigenvalue weighted by atomic mass is 31.2. The second kappa shape index (κ2) is 7.14. The molecule has 0 aromatic heterocycles.